The Kier molecular flexibility index (Phi) is 5.99. The zero-order valence-electron chi connectivity index (χ0n) is 9.89. The molecule has 90 valence electrons. The van der Waals surface area contributed by atoms with Crippen LogP contribution in [0, 0.1) is 11.7 Å². The van der Waals surface area contributed by atoms with Crippen LogP contribution in [0.15, 0.2) is 22.7 Å². The second-order valence-electron chi connectivity index (χ2n) is 4.13. The molecule has 1 aromatic rings. The summed E-state index contributed by atoms with van der Waals surface area (Å²) >= 11 is 3.32. The Balaban J connectivity index is 2.72. The normalized spacial score (nSPS) is 12.8. The Morgan fingerprint density at radius 2 is 2.19 bits per heavy atom. The number of hydrogen-bond donors (Lipinski definition) is 1. The Labute approximate surface area is 106 Å². The fraction of sp³-hybridized carbons (Fsp3) is 0.538. The molecule has 0 heterocycles. The number of halogens is 2. The molecule has 0 amide bonds. The minimum Gasteiger partial charge on any atom is -0.319 e. The quantitative estimate of drug-likeness (QED) is 0.840. The molecule has 0 saturated carbocycles. The Morgan fingerprint density at radius 3 is 2.81 bits per heavy atom. The smallest absolute Gasteiger partial charge is 0.137 e. The third-order valence-electron chi connectivity index (χ3n) is 2.73. The van der Waals surface area contributed by atoms with Crippen molar-refractivity contribution in [1.82, 2.24) is 5.32 Å². The monoisotopic (exact) mass is 287 g/mol. The summed E-state index contributed by atoms with van der Waals surface area (Å²) in [4.78, 5) is 0. The molecule has 0 saturated heterocycles. The first kappa shape index (κ1) is 13.7. The van der Waals surface area contributed by atoms with E-state index in [1.807, 2.05) is 13.1 Å². The van der Waals surface area contributed by atoms with E-state index in [1.54, 1.807) is 6.07 Å². The van der Waals surface area contributed by atoms with Crippen LogP contribution in [0.1, 0.15) is 25.3 Å². The first-order chi connectivity index (χ1) is 7.69. The van der Waals surface area contributed by atoms with Gasteiger partial charge in [-0.15, -0.1) is 0 Å². The summed E-state index contributed by atoms with van der Waals surface area (Å²) in [5.41, 5.74) is 1.06. The number of nitrogens with one attached hydrogen (secondary N) is 1. The van der Waals surface area contributed by atoms with Crippen molar-refractivity contribution in [2.75, 3.05) is 13.6 Å². The van der Waals surface area contributed by atoms with Crippen molar-refractivity contribution in [3.63, 3.8) is 0 Å². The Hall–Kier alpha value is -0.410. The first-order valence-electron chi connectivity index (χ1n) is 5.76. The summed E-state index contributed by atoms with van der Waals surface area (Å²) in [6.45, 7) is 3.17. The first-order valence-corrected chi connectivity index (χ1v) is 6.55. The zero-order chi connectivity index (χ0) is 12.0. The van der Waals surface area contributed by atoms with Crippen LogP contribution < -0.4 is 5.32 Å². The van der Waals surface area contributed by atoms with Crippen LogP contribution in [-0.2, 0) is 6.42 Å². The van der Waals surface area contributed by atoms with Gasteiger partial charge in [0.25, 0.3) is 0 Å². The van der Waals surface area contributed by atoms with Gasteiger partial charge in [0.05, 0.1) is 4.47 Å². The predicted molar refractivity (Wildman–Crippen MR) is 70.1 cm³/mol. The van der Waals surface area contributed by atoms with Gasteiger partial charge in [0.2, 0.25) is 0 Å². The molecule has 1 unspecified atom stereocenters. The van der Waals surface area contributed by atoms with Crippen LogP contribution in [0.2, 0.25) is 0 Å². The van der Waals surface area contributed by atoms with E-state index in [4.69, 9.17) is 0 Å². The number of rotatable bonds is 6. The van der Waals surface area contributed by atoms with E-state index in [0.29, 0.717) is 10.4 Å². The van der Waals surface area contributed by atoms with Gasteiger partial charge in [0.1, 0.15) is 5.82 Å². The summed E-state index contributed by atoms with van der Waals surface area (Å²) in [6.07, 6.45) is 3.26. The highest BCUT2D eigenvalue weighted by atomic mass is 79.9. The lowest BCUT2D eigenvalue weighted by molar-refractivity contribution is 0.454. The summed E-state index contributed by atoms with van der Waals surface area (Å²) in [5.74, 6) is 0.408. The van der Waals surface area contributed by atoms with Gasteiger partial charge in [-0.3, -0.25) is 0 Å². The molecule has 0 spiro atoms. The molecule has 0 aromatic heterocycles. The van der Waals surface area contributed by atoms with Crippen molar-refractivity contribution in [2.45, 2.75) is 26.2 Å². The highest BCUT2D eigenvalue weighted by Crippen LogP contribution is 2.24. The van der Waals surface area contributed by atoms with Crippen molar-refractivity contribution < 1.29 is 4.39 Å². The maximum absolute atomic E-state index is 13.3. The van der Waals surface area contributed by atoms with Crippen molar-refractivity contribution in [2.24, 2.45) is 5.92 Å². The summed E-state index contributed by atoms with van der Waals surface area (Å²) in [6, 6.07) is 5.25. The summed E-state index contributed by atoms with van der Waals surface area (Å²) < 4.78 is 14.0. The van der Waals surface area contributed by atoms with E-state index < -0.39 is 0 Å². The highest BCUT2D eigenvalue weighted by Gasteiger charge is 2.11. The molecule has 1 nitrogen and oxygen atoms in total. The van der Waals surface area contributed by atoms with Gasteiger partial charge in [-0.25, -0.2) is 4.39 Å². The topological polar surface area (TPSA) is 12.0 Å². The van der Waals surface area contributed by atoms with Gasteiger partial charge in [0.15, 0.2) is 0 Å². The van der Waals surface area contributed by atoms with E-state index in [1.165, 1.54) is 18.9 Å². The molecular formula is C13H19BrFN. The molecule has 0 fully saturated rings. The molecule has 0 aliphatic carbocycles. The highest BCUT2D eigenvalue weighted by molar-refractivity contribution is 9.10. The largest absolute Gasteiger partial charge is 0.319 e. The second-order valence-corrected chi connectivity index (χ2v) is 4.92. The third-order valence-corrected chi connectivity index (χ3v) is 3.62. The van der Waals surface area contributed by atoms with Gasteiger partial charge >= 0.3 is 0 Å². The molecule has 1 rings (SSSR count). The molecule has 3 heteroatoms. The molecule has 1 N–H and O–H groups in total. The molecule has 16 heavy (non-hydrogen) atoms. The zero-order valence-corrected chi connectivity index (χ0v) is 11.5. The van der Waals surface area contributed by atoms with E-state index in [-0.39, 0.29) is 5.82 Å². The van der Waals surface area contributed by atoms with Gasteiger partial charge in [-0.1, -0.05) is 25.5 Å². The van der Waals surface area contributed by atoms with Crippen LogP contribution in [0.3, 0.4) is 0 Å². The minimum atomic E-state index is -0.169. The van der Waals surface area contributed by atoms with Gasteiger partial charge < -0.3 is 5.32 Å². The number of benzene rings is 1. The predicted octanol–water partition coefficient (Wildman–Crippen LogP) is 3.77. The van der Waals surface area contributed by atoms with Crippen LogP contribution in [0.4, 0.5) is 4.39 Å². The Morgan fingerprint density at radius 1 is 1.44 bits per heavy atom. The Bertz CT molecular complexity index is 322. The molecule has 0 aliphatic heterocycles. The van der Waals surface area contributed by atoms with E-state index in [2.05, 4.69) is 28.2 Å². The maximum atomic E-state index is 13.3. The SMILES string of the molecule is CCCC(CNC)Cc1cccc(F)c1Br. The van der Waals surface area contributed by atoms with Crippen LogP contribution in [0.25, 0.3) is 0 Å². The fourth-order valence-electron chi connectivity index (χ4n) is 1.99. The fourth-order valence-corrected chi connectivity index (χ4v) is 2.42. The molecule has 1 aromatic carbocycles. The van der Waals surface area contributed by atoms with Gasteiger partial charge in [-0.05, 0) is 59.9 Å². The van der Waals surface area contributed by atoms with Gasteiger partial charge in [-0.2, -0.15) is 0 Å². The van der Waals surface area contributed by atoms with Crippen LogP contribution in [-0.4, -0.2) is 13.6 Å². The molecule has 1 atom stereocenters. The average Bonchev–Trinajstić information content (AvgIpc) is 2.25. The minimum absolute atomic E-state index is 0.169. The summed E-state index contributed by atoms with van der Waals surface area (Å²) in [7, 11) is 1.96. The van der Waals surface area contributed by atoms with E-state index in [9.17, 15) is 4.39 Å². The van der Waals surface area contributed by atoms with Crippen molar-refractivity contribution in [3.05, 3.63) is 34.1 Å². The van der Waals surface area contributed by atoms with Gasteiger partial charge in [0, 0.05) is 0 Å². The standard InChI is InChI=1S/C13H19BrFN/c1-3-5-10(9-16-2)8-11-6-4-7-12(15)13(11)14/h4,6-7,10,16H,3,5,8-9H2,1-2H3. The van der Waals surface area contributed by atoms with E-state index in [0.717, 1.165) is 18.5 Å². The molecule has 0 bridgehead atoms. The maximum Gasteiger partial charge on any atom is 0.137 e. The lowest BCUT2D eigenvalue weighted by Crippen LogP contribution is -2.20. The van der Waals surface area contributed by atoms with Crippen molar-refractivity contribution in [3.8, 4) is 0 Å². The van der Waals surface area contributed by atoms with Crippen molar-refractivity contribution in [1.29, 1.82) is 0 Å². The molecular weight excluding hydrogens is 269 g/mol. The average molecular weight is 288 g/mol. The molecule has 0 radical (unpaired) electrons. The third kappa shape index (κ3) is 3.87. The van der Waals surface area contributed by atoms with Crippen molar-refractivity contribution >= 4 is 15.9 Å². The second kappa shape index (κ2) is 7.02. The van der Waals surface area contributed by atoms with Crippen LogP contribution in [0.5, 0.6) is 0 Å². The summed E-state index contributed by atoms with van der Waals surface area (Å²) in [5, 5.41) is 3.20. The van der Waals surface area contributed by atoms with Crippen LogP contribution >= 0.6 is 15.9 Å². The number of hydrogen-bond acceptors (Lipinski definition) is 1. The lowest BCUT2D eigenvalue weighted by Gasteiger charge is -2.16. The lowest BCUT2D eigenvalue weighted by atomic mass is 9.95. The van der Waals surface area contributed by atoms with E-state index >= 15 is 0 Å². The molecule has 0 aliphatic rings.